The first-order chi connectivity index (χ1) is 20.1. The summed E-state index contributed by atoms with van der Waals surface area (Å²) >= 11 is 0. The lowest BCUT2D eigenvalue weighted by Crippen LogP contribution is -2.46. The summed E-state index contributed by atoms with van der Waals surface area (Å²) in [6.07, 6.45) is -2.84. The number of carbonyl (C=O) groups is 2. The van der Waals surface area contributed by atoms with Gasteiger partial charge in [0.1, 0.15) is 6.04 Å². The molecule has 0 heterocycles. The molecule has 43 heavy (non-hydrogen) atoms. The highest BCUT2D eigenvalue weighted by atomic mass is 32.2. The van der Waals surface area contributed by atoms with Crippen LogP contribution in [0.4, 0.5) is 24.5 Å². The van der Waals surface area contributed by atoms with Crippen LogP contribution in [0.3, 0.4) is 0 Å². The zero-order valence-corrected chi connectivity index (χ0v) is 23.7. The number of anilines is 2. The number of halogens is 3. The van der Waals surface area contributed by atoms with E-state index in [1.807, 2.05) is 24.3 Å². The number of alkyl halides is 3. The summed E-state index contributed by atoms with van der Waals surface area (Å²) in [7, 11) is -3.80. The van der Waals surface area contributed by atoms with Crippen molar-refractivity contribution in [3.05, 3.63) is 83.4 Å². The summed E-state index contributed by atoms with van der Waals surface area (Å²) in [4.78, 5) is 22.3. The average molecular weight is 620 g/mol. The van der Waals surface area contributed by atoms with Crippen LogP contribution in [0.5, 0.6) is 0 Å². The lowest BCUT2D eigenvalue weighted by Gasteiger charge is -2.26. The Hall–Kier alpha value is -5.10. The smallest absolute Gasteiger partial charge is 0.475 e. The maximum Gasteiger partial charge on any atom is 0.490 e. The molecule has 0 saturated carbocycles. The molecule has 228 valence electrons. The zero-order valence-electron chi connectivity index (χ0n) is 22.9. The van der Waals surface area contributed by atoms with Gasteiger partial charge in [0.25, 0.3) is 5.91 Å². The maximum absolute atomic E-state index is 13.4. The lowest BCUT2D eigenvalue weighted by molar-refractivity contribution is -0.192. The molecule has 0 unspecified atom stereocenters. The summed E-state index contributed by atoms with van der Waals surface area (Å²) in [6.45, 7) is 1.56. The van der Waals surface area contributed by atoms with Crippen LogP contribution in [0, 0.1) is 11.3 Å². The molecule has 3 aromatic carbocycles. The second kappa shape index (κ2) is 14.7. The standard InChI is InChI=1S/C26H27N5O4S.C2HF3O2/c1-3-31(36(2,34)35)26(32)25(15-19-8-6-10-24(28)23(19)17-29-33)30-21-13-11-18(12-14-21)22-9-5-4-7-20(22)16-27;3-2(4,5)1(6)7/h4-14,17,25,30,33H,3,15,28H2,1-2H3;(H,6,7)/t25-;/m0./s1. The molecule has 0 saturated heterocycles. The highest BCUT2D eigenvalue weighted by molar-refractivity contribution is 7.88. The maximum atomic E-state index is 13.4. The van der Waals surface area contributed by atoms with Crippen LogP contribution < -0.4 is 11.1 Å². The quantitative estimate of drug-likeness (QED) is 0.118. The van der Waals surface area contributed by atoms with Crippen LogP contribution in [-0.2, 0) is 26.0 Å². The van der Waals surface area contributed by atoms with Gasteiger partial charge >= 0.3 is 12.1 Å². The summed E-state index contributed by atoms with van der Waals surface area (Å²) < 4.78 is 57.1. The first-order valence-electron chi connectivity index (χ1n) is 12.4. The van der Waals surface area contributed by atoms with Crippen LogP contribution in [0.1, 0.15) is 23.6 Å². The van der Waals surface area contributed by atoms with Gasteiger partial charge in [0, 0.05) is 29.9 Å². The summed E-state index contributed by atoms with van der Waals surface area (Å²) in [6, 6.07) is 20.7. The van der Waals surface area contributed by atoms with E-state index in [0.29, 0.717) is 28.1 Å². The number of oxime groups is 1. The number of hydrogen-bond acceptors (Lipinski definition) is 9. The average Bonchev–Trinajstić information content (AvgIpc) is 2.94. The van der Waals surface area contributed by atoms with Gasteiger partial charge in [0.2, 0.25) is 10.0 Å². The van der Waals surface area contributed by atoms with Gasteiger partial charge in [-0.15, -0.1) is 0 Å². The lowest BCUT2D eigenvalue weighted by atomic mass is 9.98. The Morgan fingerprint density at radius 2 is 1.72 bits per heavy atom. The third-order valence-electron chi connectivity index (χ3n) is 5.90. The molecular weight excluding hydrogens is 591 g/mol. The molecule has 0 aliphatic heterocycles. The number of rotatable bonds is 9. The fraction of sp³-hybridized carbons (Fsp3) is 0.214. The summed E-state index contributed by atoms with van der Waals surface area (Å²) in [5, 5.41) is 31.8. The molecule has 0 aliphatic rings. The van der Waals surface area contributed by atoms with Crippen molar-refractivity contribution in [3.63, 3.8) is 0 Å². The van der Waals surface area contributed by atoms with Gasteiger partial charge in [-0.25, -0.2) is 17.5 Å². The van der Waals surface area contributed by atoms with E-state index in [-0.39, 0.29) is 13.0 Å². The van der Waals surface area contributed by atoms with E-state index < -0.39 is 34.1 Å². The van der Waals surface area contributed by atoms with Gasteiger partial charge in [-0.2, -0.15) is 18.4 Å². The summed E-state index contributed by atoms with van der Waals surface area (Å²) in [5.41, 5.74) is 10.1. The van der Waals surface area contributed by atoms with E-state index >= 15 is 0 Å². The number of nitrogens with one attached hydrogen (secondary N) is 1. The molecule has 0 fully saturated rings. The molecule has 0 radical (unpaired) electrons. The van der Waals surface area contributed by atoms with Crippen molar-refractivity contribution in [2.75, 3.05) is 23.9 Å². The van der Waals surface area contributed by atoms with Crippen molar-refractivity contribution in [2.45, 2.75) is 25.6 Å². The van der Waals surface area contributed by atoms with E-state index in [9.17, 15) is 31.6 Å². The molecule has 15 heteroatoms. The van der Waals surface area contributed by atoms with Gasteiger partial charge < -0.3 is 21.4 Å². The van der Waals surface area contributed by atoms with E-state index in [1.165, 1.54) is 6.21 Å². The first-order valence-corrected chi connectivity index (χ1v) is 14.2. The molecule has 0 bridgehead atoms. The third-order valence-corrected chi connectivity index (χ3v) is 7.14. The number of likely N-dealkylation sites (N-methyl/N-ethyl adjacent to an activating group) is 1. The minimum absolute atomic E-state index is 0.0262. The van der Waals surface area contributed by atoms with Gasteiger partial charge in [0.05, 0.1) is 24.1 Å². The molecule has 1 amide bonds. The molecule has 3 rings (SSSR count). The number of nitrogens with zero attached hydrogens (tertiary/aromatic N) is 3. The Kier molecular flexibility index (Phi) is 11.6. The number of carboxylic acid groups (broad SMARTS) is 1. The summed E-state index contributed by atoms with van der Waals surface area (Å²) in [5.74, 6) is -3.39. The number of nitrogens with two attached hydrogens (primary N) is 1. The van der Waals surface area contributed by atoms with Gasteiger partial charge in [0.15, 0.2) is 0 Å². The largest absolute Gasteiger partial charge is 0.490 e. The molecule has 0 aliphatic carbocycles. The fourth-order valence-electron chi connectivity index (χ4n) is 3.95. The number of sulfonamides is 1. The molecule has 5 N–H and O–H groups in total. The molecule has 11 nitrogen and oxygen atoms in total. The topological polar surface area (TPSA) is 186 Å². The number of carbonyl (C=O) groups excluding carboxylic acids is 1. The molecule has 0 aromatic heterocycles. The van der Waals surface area contributed by atoms with E-state index in [0.717, 1.165) is 21.7 Å². The number of carboxylic acids is 1. The van der Waals surface area contributed by atoms with Crippen molar-refractivity contribution in [2.24, 2.45) is 5.16 Å². The van der Waals surface area contributed by atoms with Gasteiger partial charge in [-0.3, -0.25) is 4.79 Å². The molecule has 3 aromatic rings. The highest BCUT2D eigenvalue weighted by Gasteiger charge is 2.38. The SMILES string of the molecule is CCN(C(=O)[C@H](Cc1cccc(N)c1C=NO)Nc1ccc(-c2ccccc2C#N)cc1)S(C)(=O)=O.O=C(O)C(F)(F)F. The molecule has 1 atom stereocenters. The third kappa shape index (κ3) is 9.47. The van der Waals surface area contributed by atoms with Crippen LogP contribution in [0.15, 0.2) is 71.9 Å². The van der Waals surface area contributed by atoms with Crippen LogP contribution in [0.2, 0.25) is 0 Å². The molecule has 0 spiro atoms. The van der Waals surface area contributed by atoms with Crippen molar-refractivity contribution < 1.29 is 41.5 Å². The minimum Gasteiger partial charge on any atom is -0.475 e. The van der Waals surface area contributed by atoms with Crippen molar-refractivity contribution >= 4 is 39.5 Å². The Morgan fingerprint density at radius 1 is 1.12 bits per heavy atom. The Bertz CT molecular complexity index is 1620. The van der Waals surface area contributed by atoms with Crippen LogP contribution >= 0.6 is 0 Å². The number of aliphatic carboxylic acids is 1. The Morgan fingerprint density at radius 3 is 2.23 bits per heavy atom. The number of hydrogen-bond donors (Lipinski definition) is 4. The van der Waals surface area contributed by atoms with Gasteiger partial charge in [-0.1, -0.05) is 47.6 Å². The fourth-order valence-corrected chi connectivity index (χ4v) is 4.88. The number of nitriles is 1. The highest BCUT2D eigenvalue weighted by Crippen LogP contribution is 2.26. The van der Waals surface area contributed by atoms with Gasteiger partial charge in [-0.05, 0) is 47.9 Å². The van der Waals surface area contributed by atoms with Crippen molar-refractivity contribution in [3.8, 4) is 17.2 Å². The number of amides is 1. The number of benzene rings is 3. The van der Waals surface area contributed by atoms with E-state index in [1.54, 1.807) is 49.4 Å². The Labute approximate surface area is 245 Å². The second-order valence-corrected chi connectivity index (χ2v) is 10.8. The Balaban J connectivity index is 0.000000821. The van der Waals surface area contributed by atoms with E-state index in [2.05, 4.69) is 16.5 Å². The van der Waals surface area contributed by atoms with E-state index in [4.69, 9.17) is 20.8 Å². The normalized spacial score (nSPS) is 12.0. The first kappa shape index (κ1) is 34.1. The van der Waals surface area contributed by atoms with Crippen LogP contribution in [0.25, 0.3) is 11.1 Å². The van der Waals surface area contributed by atoms with Crippen molar-refractivity contribution in [1.29, 1.82) is 5.26 Å². The minimum atomic E-state index is -5.08. The number of nitrogen functional groups attached to an aromatic ring is 1. The second-order valence-electron chi connectivity index (χ2n) is 8.87. The predicted molar refractivity (Wildman–Crippen MR) is 154 cm³/mol. The van der Waals surface area contributed by atoms with Crippen molar-refractivity contribution in [1.82, 2.24) is 4.31 Å². The predicted octanol–water partition coefficient (Wildman–Crippen LogP) is 4.08. The van der Waals surface area contributed by atoms with Crippen LogP contribution in [-0.4, -0.2) is 66.1 Å². The molecular formula is C28H28F3N5O6S. The zero-order chi connectivity index (χ0) is 32.4. The monoisotopic (exact) mass is 619 g/mol.